The molecule has 0 aliphatic carbocycles. The average molecular weight is 347 g/mol. The van der Waals surface area contributed by atoms with Crippen molar-refractivity contribution < 1.29 is 13.4 Å². The largest absolute Gasteiger partial charge is 0.455 e. The summed E-state index contributed by atoms with van der Waals surface area (Å²) in [5.41, 5.74) is 2.22. The van der Waals surface area contributed by atoms with E-state index in [4.69, 9.17) is 4.42 Å². The molecule has 5 heteroatoms. The number of hydrogen-bond donors (Lipinski definition) is 1. The molecular formula is C19H25NO3S. The van der Waals surface area contributed by atoms with Crippen LogP contribution in [0.25, 0.3) is 0 Å². The summed E-state index contributed by atoms with van der Waals surface area (Å²) in [5, 5.41) is 2.83. The SMILES string of the molecule is Cc1ccc(CS(=O)Cc2ccc(C(=O)NCCC(C)C)o2)cc1. The predicted molar refractivity (Wildman–Crippen MR) is 97.2 cm³/mol. The lowest BCUT2D eigenvalue weighted by Gasteiger charge is -2.05. The van der Waals surface area contributed by atoms with Crippen LogP contribution < -0.4 is 5.32 Å². The lowest BCUT2D eigenvalue weighted by Crippen LogP contribution is -2.24. The molecule has 1 aromatic heterocycles. The number of carbonyl (C=O) groups is 1. The summed E-state index contributed by atoms with van der Waals surface area (Å²) < 4.78 is 17.8. The third-order valence-electron chi connectivity index (χ3n) is 3.64. The van der Waals surface area contributed by atoms with Gasteiger partial charge < -0.3 is 9.73 Å². The second-order valence-corrected chi connectivity index (χ2v) is 7.88. The maximum Gasteiger partial charge on any atom is 0.286 e. The molecule has 1 unspecified atom stereocenters. The standard InChI is InChI=1S/C19H25NO3S/c1-14(2)10-11-20-19(21)18-9-8-17(23-18)13-24(22)12-16-6-4-15(3)5-7-16/h4-9,14H,10-13H2,1-3H3,(H,20,21). The van der Waals surface area contributed by atoms with E-state index < -0.39 is 10.8 Å². The number of nitrogens with one attached hydrogen (secondary N) is 1. The van der Waals surface area contributed by atoms with Gasteiger partial charge in [0.05, 0.1) is 5.75 Å². The van der Waals surface area contributed by atoms with E-state index in [0.717, 1.165) is 12.0 Å². The van der Waals surface area contributed by atoms with Gasteiger partial charge in [0.25, 0.3) is 5.91 Å². The first-order valence-corrected chi connectivity index (χ1v) is 9.70. The Morgan fingerprint density at radius 1 is 1.12 bits per heavy atom. The Morgan fingerprint density at radius 3 is 2.50 bits per heavy atom. The summed E-state index contributed by atoms with van der Waals surface area (Å²) in [5.74, 6) is 1.98. The molecule has 0 aliphatic rings. The minimum atomic E-state index is -1.07. The molecule has 4 nitrogen and oxygen atoms in total. The van der Waals surface area contributed by atoms with Crippen molar-refractivity contribution in [1.29, 1.82) is 0 Å². The van der Waals surface area contributed by atoms with Gasteiger partial charge in [-0.2, -0.15) is 0 Å². The summed E-state index contributed by atoms with van der Waals surface area (Å²) in [6.07, 6.45) is 0.930. The van der Waals surface area contributed by atoms with Gasteiger partial charge in [-0.25, -0.2) is 0 Å². The summed E-state index contributed by atoms with van der Waals surface area (Å²) in [7, 11) is -1.07. The highest BCUT2D eigenvalue weighted by Gasteiger charge is 2.13. The van der Waals surface area contributed by atoms with Gasteiger partial charge in [0.2, 0.25) is 0 Å². The van der Waals surface area contributed by atoms with Crippen LogP contribution in [0.1, 0.15) is 47.7 Å². The molecule has 0 spiro atoms. The lowest BCUT2D eigenvalue weighted by atomic mass is 10.1. The maximum atomic E-state index is 12.2. The van der Waals surface area contributed by atoms with E-state index in [1.54, 1.807) is 12.1 Å². The Balaban J connectivity index is 1.85. The first-order chi connectivity index (χ1) is 11.4. The van der Waals surface area contributed by atoms with E-state index in [1.807, 2.05) is 31.2 Å². The normalized spacial score (nSPS) is 12.3. The van der Waals surface area contributed by atoms with Crippen LogP contribution in [0.4, 0.5) is 0 Å². The zero-order valence-electron chi connectivity index (χ0n) is 14.5. The quantitative estimate of drug-likeness (QED) is 0.790. The van der Waals surface area contributed by atoms with Gasteiger partial charge in [0, 0.05) is 23.1 Å². The Bertz CT molecular complexity index is 689. The highest BCUT2D eigenvalue weighted by Crippen LogP contribution is 2.13. The zero-order valence-corrected chi connectivity index (χ0v) is 15.3. The van der Waals surface area contributed by atoms with E-state index in [0.29, 0.717) is 29.7 Å². The van der Waals surface area contributed by atoms with Crippen LogP contribution >= 0.6 is 0 Å². The number of furan rings is 1. The molecule has 0 bridgehead atoms. The number of amides is 1. The Morgan fingerprint density at radius 2 is 1.83 bits per heavy atom. The molecule has 0 saturated heterocycles. The summed E-state index contributed by atoms with van der Waals surface area (Å²) in [6, 6.07) is 11.4. The topological polar surface area (TPSA) is 59.3 Å². The third-order valence-corrected chi connectivity index (χ3v) is 4.91. The van der Waals surface area contributed by atoms with Gasteiger partial charge in [0.1, 0.15) is 5.76 Å². The number of aryl methyl sites for hydroxylation is 1. The van der Waals surface area contributed by atoms with Crippen molar-refractivity contribution in [2.75, 3.05) is 6.54 Å². The Labute approximate surface area is 146 Å². The molecule has 1 atom stereocenters. The summed E-state index contributed by atoms with van der Waals surface area (Å²) >= 11 is 0. The molecule has 0 aliphatic heterocycles. The van der Waals surface area contributed by atoms with Gasteiger partial charge in [0.15, 0.2) is 5.76 Å². The van der Waals surface area contributed by atoms with Crippen molar-refractivity contribution in [3.8, 4) is 0 Å². The van der Waals surface area contributed by atoms with Crippen molar-refractivity contribution >= 4 is 16.7 Å². The number of benzene rings is 1. The van der Waals surface area contributed by atoms with Crippen molar-refractivity contribution in [3.63, 3.8) is 0 Å². The van der Waals surface area contributed by atoms with Crippen LogP contribution in [0.5, 0.6) is 0 Å². The van der Waals surface area contributed by atoms with Gasteiger partial charge in [-0.15, -0.1) is 0 Å². The van der Waals surface area contributed by atoms with E-state index in [-0.39, 0.29) is 11.7 Å². The number of carbonyl (C=O) groups excluding carboxylic acids is 1. The number of rotatable bonds is 8. The molecule has 2 aromatic rings. The molecule has 1 heterocycles. The average Bonchev–Trinajstić information content (AvgIpc) is 2.97. The summed E-state index contributed by atoms with van der Waals surface area (Å²) in [4.78, 5) is 12.0. The van der Waals surface area contributed by atoms with Crippen molar-refractivity contribution in [1.82, 2.24) is 5.32 Å². The van der Waals surface area contributed by atoms with Crippen LogP contribution in [-0.4, -0.2) is 16.7 Å². The second-order valence-electron chi connectivity index (χ2n) is 6.42. The maximum absolute atomic E-state index is 12.2. The Hall–Kier alpha value is -1.88. The first-order valence-electron chi connectivity index (χ1n) is 8.21. The molecule has 1 aromatic carbocycles. The van der Waals surface area contributed by atoms with E-state index in [1.165, 1.54) is 5.56 Å². The van der Waals surface area contributed by atoms with E-state index in [9.17, 15) is 9.00 Å². The molecular weight excluding hydrogens is 322 g/mol. The summed E-state index contributed by atoms with van der Waals surface area (Å²) in [6.45, 7) is 6.88. The van der Waals surface area contributed by atoms with Crippen molar-refractivity contribution in [2.24, 2.45) is 5.92 Å². The zero-order chi connectivity index (χ0) is 17.5. The van der Waals surface area contributed by atoms with Crippen LogP contribution in [0.15, 0.2) is 40.8 Å². The molecule has 24 heavy (non-hydrogen) atoms. The molecule has 1 N–H and O–H groups in total. The smallest absolute Gasteiger partial charge is 0.286 e. The van der Waals surface area contributed by atoms with Gasteiger partial charge in [-0.05, 0) is 37.0 Å². The van der Waals surface area contributed by atoms with Gasteiger partial charge in [-0.1, -0.05) is 43.7 Å². The minimum absolute atomic E-state index is 0.216. The fourth-order valence-electron chi connectivity index (χ4n) is 2.22. The second kappa shape index (κ2) is 8.83. The minimum Gasteiger partial charge on any atom is -0.455 e. The fourth-order valence-corrected chi connectivity index (χ4v) is 3.36. The van der Waals surface area contributed by atoms with Crippen LogP contribution in [0.3, 0.4) is 0 Å². The molecule has 130 valence electrons. The van der Waals surface area contributed by atoms with Crippen molar-refractivity contribution in [2.45, 2.75) is 38.7 Å². The number of hydrogen-bond acceptors (Lipinski definition) is 3. The fraction of sp³-hybridized carbons (Fsp3) is 0.421. The molecule has 0 fully saturated rings. The van der Waals surface area contributed by atoms with Gasteiger partial charge >= 0.3 is 0 Å². The molecule has 1 amide bonds. The Kier molecular flexibility index (Phi) is 6.79. The van der Waals surface area contributed by atoms with Gasteiger partial charge in [-0.3, -0.25) is 9.00 Å². The third kappa shape index (κ3) is 5.96. The highest BCUT2D eigenvalue weighted by atomic mass is 32.2. The van der Waals surface area contributed by atoms with Crippen LogP contribution in [0, 0.1) is 12.8 Å². The van der Waals surface area contributed by atoms with Crippen molar-refractivity contribution in [3.05, 3.63) is 59.0 Å². The highest BCUT2D eigenvalue weighted by molar-refractivity contribution is 7.83. The van der Waals surface area contributed by atoms with E-state index in [2.05, 4.69) is 19.2 Å². The molecule has 2 rings (SSSR count). The monoisotopic (exact) mass is 347 g/mol. The molecule has 0 saturated carbocycles. The molecule has 0 radical (unpaired) electrons. The van der Waals surface area contributed by atoms with E-state index >= 15 is 0 Å². The first kappa shape index (κ1) is 18.5. The predicted octanol–water partition coefficient (Wildman–Crippen LogP) is 3.81. The van der Waals surface area contributed by atoms with Crippen LogP contribution in [-0.2, 0) is 22.3 Å². The lowest BCUT2D eigenvalue weighted by molar-refractivity contribution is 0.0923. The van der Waals surface area contributed by atoms with Crippen LogP contribution in [0.2, 0.25) is 0 Å².